The van der Waals surface area contributed by atoms with Crippen LogP contribution in [-0.4, -0.2) is 23.1 Å². The van der Waals surface area contributed by atoms with E-state index < -0.39 is 7.12 Å². The normalized spacial score (nSPS) is 20.1. The van der Waals surface area contributed by atoms with Crippen molar-refractivity contribution in [3.8, 4) is 0 Å². The Hall–Kier alpha value is -1.37. The second kappa shape index (κ2) is 4.02. The van der Waals surface area contributed by atoms with E-state index in [4.69, 9.17) is 10.0 Å². The Morgan fingerprint density at radius 1 is 1.27 bits per heavy atom. The van der Waals surface area contributed by atoms with Crippen LogP contribution in [0.1, 0.15) is 18.0 Å². The third-order valence-electron chi connectivity index (χ3n) is 2.41. The lowest BCUT2D eigenvalue weighted by Gasteiger charge is -2.09. The number of amides is 1. The Kier molecular flexibility index (Phi) is 2.72. The maximum atomic E-state index is 10.9. The van der Waals surface area contributed by atoms with E-state index >= 15 is 0 Å². The molecule has 1 amide bonds. The molecule has 0 spiro atoms. The van der Waals surface area contributed by atoms with Gasteiger partial charge in [-0.2, -0.15) is 0 Å². The lowest BCUT2D eigenvalue weighted by Crippen LogP contribution is -2.30. The zero-order chi connectivity index (χ0) is 10.8. The summed E-state index contributed by atoms with van der Waals surface area (Å²) in [7, 11) is -1.45. The van der Waals surface area contributed by atoms with Crippen molar-refractivity contribution in [1.29, 1.82) is 0 Å². The standard InChI is InChI=1S/C9H11BN2O3/c13-9-5-8(11-12-9)6-1-3-7(4-2-6)10(14)15/h1-4,8,11,14-15H,5H2,(H,12,13)/t8-/m0/s1. The Bertz CT molecular complexity index is 366. The second-order valence-corrected chi connectivity index (χ2v) is 3.49. The van der Waals surface area contributed by atoms with Crippen LogP contribution in [0.5, 0.6) is 0 Å². The molecular weight excluding hydrogens is 195 g/mol. The van der Waals surface area contributed by atoms with Crippen LogP contribution in [0.2, 0.25) is 0 Å². The monoisotopic (exact) mass is 206 g/mol. The number of benzene rings is 1. The number of nitrogens with one attached hydrogen (secondary N) is 2. The molecule has 2 rings (SSSR count). The molecule has 0 aliphatic carbocycles. The predicted octanol–water partition coefficient (Wildman–Crippen LogP) is -1.57. The minimum absolute atomic E-state index is 0.0359. The third kappa shape index (κ3) is 2.17. The van der Waals surface area contributed by atoms with Gasteiger partial charge in [-0.15, -0.1) is 0 Å². The van der Waals surface area contributed by atoms with Gasteiger partial charge in [-0.1, -0.05) is 24.3 Å². The molecule has 5 nitrogen and oxygen atoms in total. The van der Waals surface area contributed by atoms with Crippen molar-refractivity contribution in [2.24, 2.45) is 0 Å². The Labute approximate surface area is 87.2 Å². The van der Waals surface area contributed by atoms with E-state index in [9.17, 15) is 4.79 Å². The highest BCUT2D eigenvalue weighted by Gasteiger charge is 2.22. The Morgan fingerprint density at radius 2 is 1.93 bits per heavy atom. The number of rotatable bonds is 2. The van der Waals surface area contributed by atoms with Crippen LogP contribution in [0, 0.1) is 0 Å². The Morgan fingerprint density at radius 3 is 2.40 bits per heavy atom. The highest BCUT2D eigenvalue weighted by Crippen LogP contribution is 2.17. The van der Waals surface area contributed by atoms with Gasteiger partial charge in [-0.3, -0.25) is 10.2 Å². The van der Waals surface area contributed by atoms with Gasteiger partial charge < -0.3 is 10.0 Å². The maximum Gasteiger partial charge on any atom is 0.488 e. The van der Waals surface area contributed by atoms with Gasteiger partial charge in [0.25, 0.3) is 0 Å². The van der Waals surface area contributed by atoms with Crippen LogP contribution in [0.3, 0.4) is 0 Å². The number of hydrogen-bond acceptors (Lipinski definition) is 4. The molecule has 6 heteroatoms. The minimum Gasteiger partial charge on any atom is -0.423 e. The van der Waals surface area contributed by atoms with Crippen molar-refractivity contribution in [3.05, 3.63) is 29.8 Å². The van der Waals surface area contributed by atoms with Gasteiger partial charge in [0.2, 0.25) is 5.91 Å². The van der Waals surface area contributed by atoms with Crippen molar-refractivity contribution in [3.63, 3.8) is 0 Å². The molecule has 1 atom stereocenters. The van der Waals surface area contributed by atoms with Gasteiger partial charge in [0.05, 0.1) is 6.04 Å². The zero-order valence-corrected chi connectivity index (χ0v) is 7.97. The van der Waals surface area contributed by atoms with Gasteiger partial charge >= 0.3 is 7.12 Å². The van der Waals surface area contributed by atoms with Crippen LogP contribution in [0.15, 0.2) is 24.3 Å². The molecule has 1 fully saturated rings. The van der Waals surface area contributed by atoms with Crippen LogP contribution in [-0.2, 0) is 4.79 Å². The summed E-state index contributed by atoms with van der Waals surface area (Å²) in [6.07, 6.45) is 0.404. The smallest absolute Gasteiger partial charge is 0.423 e. The first kappa shape index (κ1) is 10.2. The van der Waals surface area contributed by atoms with E-state index in [0.29, 0.717) is 11.9 Å². The summed E-state index contributed by atoms with van der Waals surface area (Å²) in [6.45, 7) is 0. The molecule has 1 saturated heterocycles. The van der Waals surface area contributed by atoms with E-state index in [0.717, 1.165) is 5.56 Å². The van der Waals surface area contributed by atoms with Gasteiger partial charge in [-0.25, -0.2) is 5.43 Å². The number of carbonyl (C=O) groups excluding carboxylic acids is 1. The lowest BCUT2D eigenvalue weighted by atomic mass is 9.80. The molecule has 0 saturated carbocycles. The first-order valence-corrected chi connectivity index (χ1v) is 4.67. The zero-order valence-electron chi connectivity index (χ0n) is 7.97. The van der Waals surface area contributed by atoms with Crippen molar-refractivity contribution in [2.45, 2.75) is 12.5 Å². The van der Waals surface area contributed by atoms with E-state index in [-0.39, 0.29) is 11.9 Å². The minimum atomic E-state index is -1.45. The highest BCUT2D eigenvalue weighted by atomic mass is 16.4. The third-order valence-corrected chi connectivity index (χ3v) is 2.41. The first-order chi connectivity index (χ1) is 7.16. The number of hydrogen-bond donors (Lipinski definition) is 4. The number of carbonyl (C=O) groups is 1. The van der Waals surface area contributed by atoms with E-state index in [2.05, 4.69) is 10.9 Å². The molecule has 0 bridgehead atoms. The fraction of sp³-hybridized carbons (Fsp3) is 0.222. The topological polar surface area (TPSA) is 81.6 Å². The molecule has 1 aromatic rings. The van der Waals surface area contributed by atoms with Gasteiger partial charge in [-0.05, 0) is 11.0 Å². The molecule has 78 valence electrons. The molecule has 0 unspecified atom stereocenters. The molecule has 1 aromatic carbocycles. The average molecular weight is 206 g/mol. The molecule has 4 N–H and O–H groups in total. The van der Waals surface area contributed by atoms with Gasteiger partial charge in [0.15, 0.2) is 0 Å². The van der Waals surface area contributed by atoms with Crippen molar-refractivity contribution in [1.82, 2.24) is 10.9 Å². The number of hydrazine groups is 1. The SMILES string of the molecule is O=C1C[C@@H](c2ccc(B(O)O)cc2)NN1. The highest BCUT2D eigenvalue weighted by molar-refractivity contribution is 6.58. The fourth-order valence-electron chi connectivity index (χ4n) is 1.56. The molecule has 1 aliphatic heterocycles. The molecule has 1 aliphatic rings. The fourth-order valence-corrected chi connectivity index (χ4v) is 1.56. The lowest BCUT2D eigenvalue weighted by molar-refractivity contribution is -0.119. The van der Waals surface area contributed by atoms with Crippen LogP contribution in [0.25, 0.3) is 0 Å². The van der Waals surface area contributed by atoms with Crippen LogP contribution < -0.4 is 16.3 Å². The molecule has 0 aromatic heterocycles. The second-order valence-electron chi connectivity index (χ2n) is 3.49. The summed E-state index contributed by atoms with van der Waals surface area (Å²) in [5, 5.41) is 17.8. The molecule has 1 heterocycles. The molecular formula is C9H11BN2O3. The maximum absolute atomic E-state index is 10.9. The largest absolute Gasteiger partial charge is 0.488 e. The summed E-state index contributed by atoms with van der Waals surface area (Å²) in [4.78, 5) is 10.9. The summed E-state index contributed by atoms with van der Waals surface area (Å²) in [5.41, 5.74) is 6.75. The van der Waals surface area contributed by atoms with Crippen molar-refractivity contribution in [2.75, 3.05) is 0 Å². The van der Waals surface area contributed by atoms with Gasteiger partial charge in [0, 0.05) is 6.42 Å². The quantitative estimate of drug-likeness (QED) is 0.441. The summed E-state index contributed by atoms with van der Waals surface area (Å²) < 4.78 is 0. The van der Waals surface area contributed by atoms with E-state index in [1.807, 2.05) is 0 Å². The van der Waals surface area contributed by atoms with Crippen molar-refractivity contribution < 1.29 is 14.8 Å². The van der Waals surface area contributed by atoms with Crippen LogP contribution in [0.4, 0.5) is 0 Å². The summed E-state index contributed by atoms with van der Waals surface area (Å²) >= 11 is 0. The van der Waals surface area contributed by atoms with E-state index in [1.54, 1.807) is 24.3 Å². The molecule has 15 heavy (non-hydrogen) atoms. The van der Waals surface area contributed by atoms with Crippen LogP contribution >= 0.6 is 0 Å². The predicted molar refractivity (Wildman–Crippen MR) is 54.9 cm³/mol. The van der Waals surface area contributed by atoms with Crippen molar-refractivity contribution >= 4 is 18.5 Å². The summed E-state index contributed by atoms with van der Waals surface area (Å²) in [6, 6.07) is 6.76. The molecule has 0 radical (unpaired) electrons. The van der Waals surface area contributed by atoms with Gasteiger partial charge in [0.1, 0.15) is 0 Å². The summed E-state index contributed by atoms with van der Waals surface area (Å²) in [5.74, 6) is -0.0359. The first-order valence-electron chi connectivity index (χ1n) is 4.67. The average Bonchev–Trinajstić information content (AvgIpc) is 2.65. The van der Waals surface area contributed by atoms with E-state index in [1.165, 1.54) is 0 Å². The Balaban J connectivity index is 2.13.